The van der Waals surface area contributed by atoms with E-state index in [1.165, 1.54) is 11.3 Å². The van der Waals surface area contributed by atoms with E-state index in [-0.39, 0.29) is 6.54 Å². The molecule has 1 unspecified atom stereocenters. The molecule has 1 aromatic rings. The van der Waals surface area contributed by atoms with Gasteiger partial charge in [-0.1, -0.05) is 0 Å². The first-order chi connectivity index (χ1) is 9.29. The molecule has 0 spiro atoms. The summed E-state index contributed by atoms with van der Waals surface area (Å²) >= 11 is 1.40. The molecular weight excluding hydrogens is 295 g/mol. The lowest BCUT2D eigenvalue weighted by Crippen LogP contribution is -2.43. The van der Waals surface area contributed by atoms with Gasteiger partial charge >= 0.3 is 12.1 Å². The summed E-state index contributed by atoms with van der Waals surface area (Å²) in [6.07, 6.45) is -5.88. The van der Waals surface area contributed by atoms with Gasteiger partial charge in [-0.05, 0) is 23.4 Å². The molecule has 4 nitrogen and oxygen atoms in total. The van der Waals surface area contributed by atoms with Crippen molar-refractivity contribution in [1.29, 1.82) is 0 Å². The lowest BCUT2D eigenvalue weighted by atomic mass is 9.99. The number of halogens is 3. The largest absolute Gasteiger partial charge is 0.479 e. The number of hydrogen-bond donors (Lipinski definition) is 1. The molecule has 0 radical (unpaired) electrons. The smallest absolute Gasteiger partial charge is 0.389 e. The molecule has 0 aromatic carbocycles. The Morgan fingerprint density at radius 2 is 2.15 bits per heavy atom. The van der Waals surface area contributed by atoms with Crippen LogP contribution in [0.15, 0.2) is 11.4 Å². The van der Waals surface area contributed by atoms with E-state index in [1.54, 1.807) is 11.4 Å². The van der Waals surface area contributed by atoms with Gasteiger partial charge in [-0.2, -0.15) is 13.2 Å². The van der Waals surface area contributed by atoms with Crippen LogP contribution in [0.2, 0.25) is 0 Å². The number of carbonyl (C=O) groups is 2. The first kappa shape index (κ1) is 14.8. The number of rotatable bonds is 3. The Labute approximate surface area is 116 Å². The van der Waals surface area contributed by atoms with Gasteiger partial charge in [-0.15, -0.1) is 11.3 Å². The molecule has 0 bridgehead atoms. The maximum Gasteiger partial charge on any atom is 0.389 e. The van der Waals surface area contributed by atoms with Crippen LogP contribution in [-0.4, -0.2) is 34.6 Å². The summed E-state index contributed by atoms with van der Waals surface area (Å²) in [7, 11) is 0. The van der Waals surface area contributed by atoms with Crippen LogP contribution in [0, 0.1) is 0 Å². The number of nitrogens with zero attached hydrogens (tertiary/aromatic N) is 1. The van der Waals surface area contributed by atoms with Gasteiger partial charge in [0.05, 0.1) is 6.42 Å². The predicted octanol–water partition coefficient (Wildman–Crippen LogP) is 2.60. The Balaban J connectivity index is 2.15. The zero-order valence-electron chi connectivity index (χ0n) is 10.3. The number of alkyl halides is 3. The quantitative estimate of drug-likeness (QED) is 0.934. The molecular formula is C12H12F3NO3S. The topological polar surface area (TPSA) is 57.6 Å². The molecule has 1 atom stereocenters. The van der Waals surface area contributed by atoms with Gasteiger partial charge in [0.2, 0.25) is 5.91 Å². The Morgan fingerprint density at radius 1 is 1.45 bits per heavy atom. The third-order valence-electron chi connectivity index (χ3n) is 3.14. The number of carbonyl (C=O) groups excluding carboxylic acids is 1. The summed E-state index contributed by atoms with van der Waals surface area (Å²) in [5, 5.41) is 11.0. The van der Waals surface area contributed by atoms with Crippen LogP contribution in [0.4, 0.5) is 13.2 Å². The van der Waals surface area contributed by atoms with Crippen LogP contribution in [0.1, 0.15) is 29.3 Å². The molecule has 0 saturated heterocycles. The van der Waals surface area contributed by atoms with Gasteiger partial charge in [-0.25, -0.2) is 4.79 Å². The first-order valence-electron chi connectivity index (χ1n) is 5.95. The van der Waals surface area contributed by atoms with Crippen molar-refractivity contribution in [3.63, 3.8) is 0 Å². The second-order valence-electron chi connectivity index (χ2n) is 4.49. The van der Waals surface area contributed by atoms with Gasteiger partial charge in [0.15, 0.2) is 6.04 Å². The number of hydrogen-bond acceptors (Lipinski definition) is 3. The average molecular weight is 307 g/mol. The van der Waals surface area contributed by atoms with Crippen molar-refractivity contribution in [1.82, 2.24) is 4.90 Å². The summed E-state index contributed by atoms with van der Waals surface area (Å²) in [4.78, 5) is 25.1. The summed E-state index contributed by atoms with van der Waals surface area (Å²) in [6, 6.07) is 0.438. The van der Waals surface area contributed by atoms with Gasteiger partial charge in [0.25, 0.3) is 0 Å². The second kappa shape index (κ2) is 5.43. The molecule has 0 aliphatic carbocycles. The van der Waals surface area contributed by atoms with Crippen LogP contribution >= 0.6 is 11.3 Å². The third-order valence-corrected chi connectivity index (χ3v) is 4.14. The van der Waals surface area contributed by atoms with E-state index in [1.807, 2.05) is 0 Å². The van der Waals surface area contributed by atoms with Crippen molar-refractivity contribution in [3.05, 3.63) is 21.9 Å². The van der Waals surface area contributed by atoms with Gasteiger partial charge in [-0.3, -0.25) is 4.79 Å². The normalized spacial score (nSPS) is 18.8. The molecule has 1 aromatic heterocycles. The molecule has 20 heavy (non-hydrogen) atoms. The molecule has 0 fully saturated rings. The second-order valence-corrected chi connectivity index (χ2v) is 5.49. The van der Waals surface area contributed by atoms with E-state index in [0.717, 1.165) is 9.78 Å². The van der Waals surface area contributed by atoms with E-state index in [4.69, 9.17) is 0 Å². The van der Waals surface area contributed by atoms with E-state index in [2.05, 4.69) is 0 Å². The maximum absolute atomic E-state index is 12.1. The molecule has 110 valence electrons. The predicted molar refractivity (Wildman–Crippen MR) is 65.4 cm³/mol. The Bertz CT molecular complexity index is 526. The van der Waals surface area contributed by atoms with Gasteiger partial charge in [0.1, 0.15) is 0 Å². The Morgan fingerprint density at radius 3 is 2.75 bits per heavy atom. The van der Waals surface area contributed by atoms with Gasteiger partial charge in [0, 0.05) is 17.8 Å². The minimum Gasteiger partial charge on any atom is -0.479 e. The van der Waals surface area contributed by atoms with E-state index >= 15 is 0 Å². The standard InChI is InChI=1S/C12H12F3NO3S/c13-12(14,15)4-1-9(17)16-5-2-8-7(3-6-20-8)10(16)11(18)19/h3,6,10H,1-2,4-5H2,(H,18,19). The Kier molecular flexibility index (Phi) is 4.03. The number of aliphatic carboxylic acids is 1. The molecule has 0 saturated carbocycles. The zero-order valence-corrected chi connectivity index (χ0v) is 11.1. The number of carboxylic acids is 1. The molecule has 8 heteroatoms. The summed E-state index contributed by atoms with van der Waals surface area (Å²) in [6.45, 7) is 0.140. The van der Waals surface area contributed by atoms with Gasteiger partial charge < -0.3 is 10.0 Å². The molecule has 1 aliphatic heterocycles. The number of thiophene rings is 1. The lowest BCUT2D eigenvalue weighted by Gasteiger charge is -2.33. The fourth-order valence-electron chi connectivity index (χ4n) is 2.24. The van der Waals surface area contributed by atoms with Crippen molar-refractivity contribution in [2.75, 3.05) is 6.54 Å². The van der Waals surface area contributed by atoms with E-state index < -0.39 is 36.9 Å². The van der Waals surface area contributed by atoms with Crippen LogP contribution in [0.25, 0.3) is 0 Å². The van der Waals surface area contributed by atoms with Crippen molar-refractivity contribution in [2.24, 2.45) is 0 Å². The minimum absolute atomic E-state index is 0.140. The lowest BCUT2D eigenvalue weighted by molar-refractivity contribution is -0.156. The van der Waals surface area contributed by atoms with Crippen LogP contribution in [0.5, 0.6) is 0 Å². The highest BCUT2D eigenvalue weighted by atomic mass is 32.1. The molecule has 1 aliphatic rings. The fraction of sp³-hybridized carbons (Fsp3) is 0.500. The van der Waals surface area contributed by atoms with Crippen LogP contribution in [0.3, 0.4) is 0 Å². The third kappa shape index (κ3) is 3.12. The SMILES string of the molecule is O=C(O)C1c2ccsc2CCN1C(=O)CCC(F)(F)F. The monoisotopic (exact) mass is 307 g/mol. The number of fused-ring (bicyclic) bond motifs is 1. The zero-order chi connectivity index (χ0) is 14.9. The fourth-order valence-corrected chi connectivity index (χ4v) is 3.15. The average Bonchev–Trinajstić information content (AvgIpc) is 2.81. The van der Waals surface area contributed by atoms with E-state index in [0.29, 0.717) is 12.0 Å². The van der Waals surface area contributed by atoms with Crippen molar-refractivity contribution in [2.45, 2.75) is 31.5 Å². The maximum atomic E-state index is 12.1. The molecule has 1 N–H and O–H groups in total. The minimum atomic E-state index is -4.42. The first-order valence-corrected chi connectivity index (χ1v) is 6.83. The number of carboxylic acid groups (broad SMARTS) is 1. The number of amides is 1. The summed E-state index contributed by atoms with van der Waals surface area (Å²) in [5.74, 6) is -1.99. The molecule has 2 heterocycles. The summed E-state index contributed by atoms with van der Waals surface area (Å²) in [5.41, 5.74) is 0.508. The molecule has 2 rings (SSSR count). The summed E-state index contributed by atoms with van der Waals surface area (Å²) < 4.78 is 36.4. The van der Waals surface area contributed by atoms with Crippen LogP contribution in [-0.2, 0) is 16.0 Å². The van der Waals surface area contributed by atoms with Crippen molar-refractivity contribution in [3.8, 4) is 0 Å². The highest BCUT2D eigenvalue weighted by Crippen LogP contribution is 2.34. The highest BCUT2D eigenvalue weighted by Gasteiger charge is 2.37. The van der Waals surface area contributed by atoms with Crippen molar-refractivity contribution < 1.29 is 27.9 Å². The molecule has 1 amide bonds. The van der Waals surface area contributed by atoms with E-state index in [9.17, 15) is 27.9 Å². The Hall–Kier alpha value is -1.57. The van der Waals surface area contributed by atoms with Crippen LogP contribution < -0.4 is 0 Å². The highest BCUT2D eigenvalue weighted by molar-refractivity contribution is 7.10. The van der Waals surface area contributed by atoms with Crippen molar-refractivity contribution >= 4 is 23.2 Å².